The number of ether oxygens (including phenoxy) is 2. The molecule has 228 valence electrons. The van der Waals surface area contributed by atoms with Gasteiger partial charge in [-0.2, -0.15) is 5.10 Å². The van der Waals surface area contributed by atoms with Crippen molar-refractivity contribution in [3.63, 3.8) is 0 Å². The Labute approximate surface area is 251 Å². The molecule has 0 bridgehead atoms. The first kappa shape index (κ1) is 28.9. The number of hydrogen-bond donors (Lipinski definition) is 2. The van der Waals surface area contributed by atoms with Gasteiger partial charge >= 0.3 is 5.97 Å². The van der Waals surface area contributed by atoms with E-state index < -0.39 is 0 Å². The lowest BCUT2D eigenvalue weighted by Gasteiger charge is -2.41. The Balaban J connectivity index is 1.20. The van der Waals surface area contributed by atoms with E-state index in [1.807, 2.05) is 24.3 Å². The van der Waals surface area contributed by atoms with Crippen LogP contribution >= 0.6 is 0 Å². The number of furan rings is 1. The van der Waals surface area contributed by atoms with Gasteiger partial charge in [0.25, 0.3) is 0 Å². The molecule has 4 heterocycles. The summed E-state index contributed by atoms with van der Waals surface area (Å²) in [5, 5.41) is 9.24. The summed E-state index contributed by atoms with van der Waals surface area (Å²) in [6.45, 7) is 6.50. The third-order valence-corrected chi connectivity index (χ3v) is 8.65. The van der Waals surface area contributed by atoms with Crippen LogP contribution < -0.4 is 15.8 Å². The van der Waals surface area contributed by atoms with E-state index in [4.69, 9.17) is 24.7 Å². The van der Waals surface area contributed by atoms with E-state index in [0.29, 0.717) is 35.7 Å². The minimum absolute atomic E-state index is 0.110. The lowest BCUT2D eigenvalue weighted by atomic mass is 9.90. The first-order chi connectivity index (χ1) is 20.9. The van der Waals surface area contributed by atoms with Crippen LogP contribution in [-0.4, -0.2) is 81.9 Å². The van der Waals surface area contributed by atoms with Crippen LogP contribution in [0.1, 0.15) is 50.2 Å². The Bertz CT molecular complexity index is 1570. The second kappa shape index (κ2) is 12.6. The third-order valence-electron chi connectivity index (χ3n) is 8.65. The molecule has 3 aromatic heterocycles. The van der Waals surface area contributed by atoms with Gasteiger partial charge < -0.3 is 29.8 Å². The van der Waals surface area contributed by atoms with Gasteiger partial charge in [0.2, 0.25) is 0 Å². The monoisotopic (exact) mass is 588 g/mol. The normalized spacial score (nSPS) is 19.9. The third kappa shape index (κ3) is 6.30. The second-order valence-corrected chi connectivity index (χ2v) is 11.5. The number of methoxy groups -OCH3 is 1. The van der Waals surface area contributed by atoms with E-state index in [1.165, 1.54) is 13.3 Å². The van der Waals surface area contributed by atoms with E-state index in [-0.39, 0.29) is 18.6 Å². The smallest absolute Gasteiger partial charge is 0.303 e. The SMILES string of the molecule is COc1cc(-c2nn(C3CCC(N4CCN(C)CC4)CC3)c3ncnc(N)c23)ccc1NCc1ccc(COC(C)=O)o1. The number of fused-ring (bicyclic) bond motifs is 1. The van der Waals surface area contributed by atoms with Crippen molar-refractivity contribution in [2.75, 3.05) is 51.4 Å². The van der Waals surface area contributed by atoms with E-state index >= 15 is 0 Å². The Morgan fingerprint density at radius 3 is 2.53 bits per heavy atom. The molecule has 0 amide bonds. The predicted molar refractivity (Wildman–Crippen MR) is 164 cm³/mol. The lowest BCUT2D eigenvalue weighted by Crippen LogP contribution is -2.49. The highest BCUT2D eigenvalue weighted by Crippen LogP contribution is 2.39. The maximum Gasteiger partial charge on any atom is 0.303 e. The highest BCUT2D eigenvalue weighted by Gasteiger charge is 2.30. The minimum atomic E-state index is -0.347. The Kier molecular flexibility index (Phi) is 8.48. The van der Waals surface area contributed by atoms with Crippen LogP contribution in [0.2, 0.25) is 0 Å². The molecule has 0 unspecified atom stereocenters. The summed E-state index contributed by atoms with van der Waals surface area (Å²) in [4.78, 5) is 25.1. The highest BCUT2D eigenvalue weighted by atomic mass is 16.5. The zero-order valence-corrected chi connectivity index (χ0v) is 25.1. The first-order valence-electron chi connectivity index (χ1n) is 14.9. The summed E-state index contributed by atoms with van der Waals surface area (Å²) >= 11 is 0. The number of carbonyl (C=O) groups is 1. The van der Waals surface area contributed by atoms with Gasteiger partial charge in [-0.15, -0.1) is 0 Å². The molecule has 1 aliphatic carbocycles. The average molecular weight is 589 g/mol. The van der Waals surface area contributed by atoms with E-state index in [0.717, 1.165) is 79.8 Å². The molecule has 1 saturated carbocycles. The van der Waals surface area contributed by atoms with Gasteiger partial charge in [0.1, 0.15) is 41.7 Å². The molecule has 12 heteroatoms. The molecule has 2 aliphatic rings. The Morgan fingerprint density at radius 1 is 1.05 bits per heavy atom. The van der Waals surface area contributed by atoms with Crippen molar-refractivity contribution in [1.29, 1.82) is 0 Å². The van der Waals surface area contributed by atoms with Crippen LogP contribution in [-0.2, 0) is 22.7 Å². The standard InChI is InChI=1S/C31H40N8O4/c1-20(40)42-18-25-10-9-24(43-25)17-33-26-11-4-21(16-27(26)41-3)29-28-30(32)34-19-35-31(28)39(36-29)23-7-5-22(6-8-23)38-14-12-37(2)13-15-38/h4,9-11,16,19,22-23,33H,5-8,12-15,17-18H2,1-3H3,(H2,32,34,35). The topological polar surface area (TPSA) is 137 Å². The van der Waals surface area contributed by atoms with E-state index in [2.05, 4.69) is 36.8 Å². The van der Waals surface area contributed by atoms with Gasteiger partial charge in [0.15, 0.2) is 5.65 Å². The molecule has 1 aliphatic heterocycles. The molecule has 43 heavy (non-hydrogen) atoms. The summed E-state index contributed by atoms with van der Waals surface area (Å²) in [6, 6.07) is 10.5. The number of carbonyl (C=O) groups excluding carboxylic acids is 1. The van der Waals surface area contributed by atoms with Gasteiger partial charge in [-0.3, -0.25) is 9.69 Å². The summed E-state index contributed by atoms with van der Waals surface area (Å²) in [7, 11) is 3.84. The Hall–Kier alpha value is -4.16. The van der Waals surface area contributed by atoms with Crippen LogP contribution in [0, 0.1) is 0 Å². The zero-order valence-electron chi connectivity index (χ0n) is 25.1. The van der Waals surface area contributed by atoms with Gasteiger partial charge in [0, 0.05) is 44.7 Å². The van der Waals surface area contributed by atoms with E-state index in [9.17, 15) is 4.79 Å². The average Bonchev–Trinajstić information content (AvgIpc) is 3.65. The molecule has 6 rings (SSSR count). The number of anilines is 2. The molecule has 1 aromatic carbocycles. The molecule has 0 radical (unpaired) electrons. The van der Waals surface area contributed by atoms with Crippen molar-refractivity contribution in [3.05, 3.63) is 48.2 Å². The predicted octanol–water partition coefficient (Wildman–Crippen LogP) is 4.08. The fourth-order valence-corrected chi connectivity index (χ4v) is 6.24. The molecule has 12 nitrogen and oxygen atoms in total. The fourth-order valence-electron chi connectivity index (χ4n) is 6.24. The van der Waals surface area contributed by atoms with Crippen molar-refractivity contribution in [2.24, 2.45) is 0 Å². The maximum atomic E-state index is 11.1. The number of piperazine rings is 1. The molecule has 0 spiro atoms. The van der Waals surface area contributed by atoms with Crippen molar-refractivity contribution in [3.8, 4) is 17.0 Å². The molecule has 2 fully saturated rings. The minimum Gasteiger partial charge on any atom is -0.495 e. The number of esters is 1. The zero-order chi connectivity index (χ0) is 29.9. The van der Waals surface area contributed by atoms with Crippen molar-refractivity contribution < 1.29 is 18.7 Å². The number of aromatic nitrogens is 4. The van der Waals surface area contributed by atoms with Crippen LogP contribution in [0.15, 0.2) is 41.1 Å². The molecule has 4 aromatic rings. The molecule has 3 N–H and O–H groups in total. The Morgan fingerprint density at radius 2 is 1.79 bits per heavy atom. The first-order valence-corrected chi connectivity index (χ1v) is 14.9. The second-order valence-electron chi connectivity index (χ2n) is 11.5. The van der Waals surface area contributed by atoms with Crippen LogP contribution in [0.5, 0.6) is 5.75 Å². The van der Waals surface area contributed by atoms with E-state index in [1.54, 1.807) is 13.2 Å². The number of hydrogen-bond acceptors (Lipinski definition) is 11. The number of nitrogens with one attached hydrogen (secondary N) is 1. The van der Waals surface area contributed by atoms with Crippen molar-refractivity contribution in [1.82, 2.24) is 29.5 Å². The van der Waals surface area contributed by atoms with Crippen LogP contribution in [0.4, 0.5) is 11.5 Å². The fraction of sp³-hybridized carbons (Fsp3) is 0.484. The van der Waals surface area contributed by atoms with Crippen LogP contribution in [0.3, 0.4) is 0 Å². The number of likely N-dealkylation sites (N-methyl/N-ethyl adjacent to an activating group) is 1. The van der Waals surface area contributed by atoms with Gasteiger partial charge in [-0.1, -0.05) is 6.07 Å². The summed E-state index contributed by atoms with van der Waals surface area (Å²) < 4.78 is 18.6. The van der Waals surface area contributed by atoms with Gasteiger partial charge in [-0.25, -0.2) is 14.6 Å². The molecule has 0 atom stereocenters. The molecule has 1 saturated heterocycles. The largest absolute Gasteiger partial charge is 0.495 e. The maximum absolute atomic E-state index is 11.1. The molecular formula is C31H40N8O4. The number of benzene rings is 1. The molecular weight excluding hydrogens is 548 g/mol. The highest BCUT2D eigenvalue weighted by molar-refractivity contribution is 5.98. The number of rotatable bonds is 9. The number of nitrogens with zero attached hydrogens (tertiary/aromatic N) is 6. The summed E-state index contributed by atoms with van der Waals surface area (Å²) in [6.07, 6.45) is 5.94. The van der Waals surface area contributed by atoms with Crippen molar-refractivity contribution in [2.45, 2.75) is 57.8 Å². The van der Waals surface area contributed by atoms with Gasteiger partial charge in [-0.05, 0) is 57.0 Å². The van der Waals surface area contributed by atoms with Crippen LogP contribution in [0.25, 0.3) is 22.3 Å². The van der Waals surface area contributed by atoms with Gasteiger partial charge in [0.05, 0.1) is 30.8 Å². The van der Waals surface area contributed by atoms with Crippen molar-refractivity contribution >= 4 is 28.5 Å². The lowest BCUT2D eigenvalue weighted by molar-refractivity contribution is -0.142. The number of nitrogen functional groups attached to an aromatic ring is 1. The number of nitrogens with two attached hydrogens (primary N) is 1. The summed E-state index contributed by atoms with van der Waals surface area (Å²) in [5.74, 6) is 2.03. The summed E-state index contributed by atoms with van der Waals surface area (Å²) in [5.41, 5.74) is 9.63. The quantitative estimate of drug-likeness (QED) is 0.274.